The number of nitrogens with zero attached hydrogens (tertiary/aromatic N) is 2. The third kappa shape index (κ3) is 5.73. The molecule has 0 aliphatic heterocycles. The van der Waals surface area contributed by atoms with Gasteiger partial charge in [-0.1, -0.05) is 44.6 Å². The molecule has 0 spiro atoms. The lowest BCUT2D eigenvalue weighted by Gasteiger charge is -2.12. The molecular weight excluding hydrogens is 310 g/mol. The van der Waals surface area contributed by atoms with Gasteiger partial charge in [0.2, 0.25) is 0 Å². The quantitative estimate of drug-likeness (QED) is 0.526. The Bertz CT molecular complexity index is 786. The molecule has 0 bridgehead atoms. The number of rotatable bonds is 10. The van der Waals surface area contributed by atoms with Crippen molar-refractivity contribution in [3.8, 4) is 0 Å². The highest BCUT2D eigenvalue weighted by Gasteiger charge is 2.04. The van der Waals surface area contributed by atoms with Crippen molar-refractivity contribution in [3.63, 3.8) is 0 Å². The van der Waals surface area contributed by atoms with E-state index in [9.17, 15) is 4.79 Å². The van der Waals surface area contributed by atoms with Crippen LogP contribution in [0.2, 0.25) is 0 Å². The van der Waals surface area contributed by atoms with Gasteiger partial charge in [-0.05, 0) is 44.9 Å². The van der Waals surface area contributed by atoms with Crippen molar-refractivity contribution in [1.82, 2.24) is 15.1 Å². The van der Waals surface area contributed by atoms with Gasteiger partial charge >= 0.3 is 0 Å². The summed E-state index contributed by atoms with van der Waals surface area (Å²) in [5.74, 6) is 0. The van der Waals surface area contributed by atoms with Gasteiger partial charge in [0.25, 0.3) is 5.56 Å². The number of allylic oxidation sites excluding steroid dienone is 2. The lowest BCUT2D eigenvalue weighted by molar-refractivity contribution is 0.661. The molecule has 0 amide bonds. The molecule has 1 aromatic rings. The zero-order valence-corrected chi connectivity index (χ0v) is 15.7. The van der Waals surface area contributed by atoms with Crippen molar-refractivity contribution in [2.24, 2.45) is 0 Å². The predicted molar refractivity (Wildman–Crippen MR) is 106 cm³/mol. The van der Waals surface area contributed by atoms with Crippen LogP contribution in [0.15, 0.2) is 28.8 Å². The summed E-state index contributed by atoms with van der Waals surface area (Å²) in [6.45, 7) is 9.32. The van der Waals surface area contributed by atoms with Crippen LogP contribution in [0.5, 0.6) is 0 Å². The Morgan fingerprint density at radius 3 is 2.84 bits per heavy atom. The minimum absolute atomic E-state index is 0.0267. The molecule has 0 atom stereocenters. The van der Waals surface area contributed by atoms with Crippen LogP contribution in [0.1, 0.15) is 65.2 Å². The summed E-state index contributed by atoms with van der Waals surface area (Å²) in [6.07, 6.45) is 16.0. The van der Waals surface area contributed by atoms with E-state index in [1.165, 1.54) is 10.3 Å². The third-order valence-electron chi connectivity index (χ3n) is 4.59. The molecular formula is C21H31N3O. The van der Waals surface area contributed by atoms with Crippen LogP contribution in [0.25, 0.3) is 18.4 Å². The fraction of sp³-hybridized carbons (Fsp3) is 0.524. The van der Waals surface area contributed by atoms with Gasteiger partial charge in [-0.15, -0.1) is 0 Å². The van der Waals surface area contributed by atoms with Crippen LogP contribution < -0.4 is 21.3 Å². The van der Waals surface area contributed by atoms with E-state index in [2.05, 4.69) is 36.9 Å². The molecule has 4 heteroatoms. The molecule has 0 fully saturated rings. The van der Waals surface area contributed by atoms with Crippen LogP contribution in [0.3, 0.4) is 0 Å². The number of hydrogen-bond acceptors (Lipinski definition) is 3. The van der Waals surface area contributed by atoms with Gasteiger partial charge in [-0.2, -0.15) is 5.10 Å². The predicted octanol–water partition coefficient (Wildman–Crippen LogP) is 2.92. The largest absolute Gasteiger partial charge is 0.387 e. The van der Waals surface area contributed by atoms with Crippen molar-refractivity contribution in [1.29, 1.82) is 0 Å². The van der Waals surface area contributed by atoms with Crippen LogP contribution in [-0.4, -0.2) is 16.3 Å². The summed E-state index contributed by atoms with van der Waals surface area (Å²) in [5, 5.41) is 9.56. The van der Waals surface area contributed by atoms with Gasteiger partial charge in [0, 0.05) is 22.7 Å². The topological polar surface area (TPSA) is 46.9 Å². The first-order chi connectivity index (χ1) is 12.2. The monoisotopic (exact) mass is 341 g/mol. The summed E-state index contributed by atoms with van der Waals surface area (Å²) in [6, 6.07) is 0. The van der Waals surface area contributed by atoms with Crippen molar-refractivity contribution in [3.05, 3.63) is 44.8 Å². The van der Waals surface area contributed by atoms with Gasteiger partial charge in [-0.25, -0.2) is 4.68 Å². The lowest BCUT2D eigenvalue weighted by Crippen LogP contribution is -2.45. The summed E-state index contributed by atoms with van der Waals surface area (Å²) >= 11 is 0. The number of nitrogens with one attached hydrogen (secondary N) is 1. The number of aromatic nitrogens is 2. The molecule has 1 aliphatic rings. The summed E-state index contributed by atoms with van der Waals surface area (Å²) < 4.78 is 1.48. The fourth-order valence-electron chi connectivity index (χ4n) is 2.90. The van der Waals surface area contributed by atoms with E-state index in [-0.39, 0.29) is 5.56 Å². The van der Waals surface area contributed by atoms with Crippen molar-refractivity contribution in [2.45, 2.75) is 65.2 Å². The Labute approximate surface area is 150 Å². The van der Waals surface area contributed by atoms with Crippen LogP contribution in [-0.2, 0) is 0 Å². The highest BCUT2D eigenvalue weighted by Crippen LogP contribution is 2.12. The maximum Gasteiger partial charge on any atom is 0.278 e. The third-order valence-corrected chi connectivity index (χ3v) is 4.59. The van der Waals surface area contributed by atoms with E-state index in [4.69, 9.17) is 0 Å². The van der Waals surface area contributed by atoms with Gasteiger partial charge in [0.1, 0.15) is 0 Å². The minimum Gasteiger partial charge on any atom is -0.387 e. The van der Waals surface area contributed by atoms with Gasteiger partial charge in [-0.3, -0.25) is 4.79 Å². The van der Waals surface area contributed by atoms with E-state index < -0.39 is 0 Å². The second-order valence-corrected chi connectivity index (χ2v) is 6.64. The molecule has 136 valence electrons. The minimum atomic E-state index is -0.0267. The van der Waals surface area contributed by atoms with Crippen LogP contribution >= 0.6 is 0 Å². The van der Waals surface area contributed by atoms with E-state index in [1.807, 2.05) is 12.3 Å². The highest BCUT2D eigenvalue weighted by atomic mass is 16.1. The molecule has 1 aromatic heterocycles. The Hall–Kier alpha value is -2.10. The maximum absolute atomic E-state index is 12.7. The number of hydrogen-bond donors (Lipinski definition) is 1. The highest BCUT2D eigenvalue weighted by molar-refractivity contribution is 5.37. The van der Waals surface area contributed by atoms with Crippen molar-refractivity contribution < 1.29 is 0 Å². The van der Waals surface area contributed by atoms with Crippen molar-refractivity contribution >= 4 is 18.4 Å². The molecule has 2 rings (SSSR count). The van der Waals surface area contributed by atoms with E-state index >= 15 is 0 Å². The molecule has 1 N–H and O–H groups in total. The molecule has 0 unspecified atom stereocenters. The number of fused-ring (bicyclic) bond motifs is 1. The summed E-state index contributed by atoms with van der Waals surface area (Å²) in [7, 11) is 0. The Morgan fingerprint density at radius 2 is 2.08 bits per heavy atom. The van der Waals surface area contributed by atoms with Gasteiger partial charge < -0.3 is 5.32 Å². The Balaban J connectivity index is 2.20. The van der Waals surface area contributed by atoms with Crippen LogP contribution in [0.4, 0.5) is 0 Å². The maximum atomic E-state index is 12.7. The van der Waals surface area contributed by atoms with E-state index in [0.717, 1.165) is 74.0 Å². The molecule has 1 heterocycles. The average molecular weight is 341 g/mol. The fourth-order valence-corrected chi connectivity index (χ4v) is 2.90. The molecule has 0 saturated carbocycles. The van der Waals surface area contributed by atoms with Crippen LogP contribution in [0, 0.1) is 0 Å². The average Bonchev–Trinajstić information content (AvgIpc) is 2.64. The molecule has 25 heavy (non-hydrogen) atoms. The second-order valence-electron chi connectivity index (χ2n) is 6.64. The van der Waals surface area contributed by atoms with E-state index in [0.29, 0.717) is 0 Å². The standard InChI is InChI=1S/C21H31N3O/c1-4-6-14-22-19(12-9-10-17(3)5-2)16-24-21(25)20-13-8-7-11-18(20)15-23-24/h11,13,15-16,22H,3-10,12,14H2,1-2H3/b19-16+. The summed E-state index contributed by atoms with van der Waals surface area (Å²) in [4.78, 5) is 12.7. The second kappa shape index (κ2) is 10.0. The van der Waals surface area contributed by atoms with E-state index in [1.54, 1.807) is 6.20 Å². The molecule has 0 saturated heterocycles. The lowest BCUT2D eigenvalue weighted by atomic mass is 10.1. The normalized spacial score (nSPS) is 13.6. The molecule has 0 aromatic carbocycles. The Kier molecular flexibility index (Phi) is 7.71. The van der Waals surface area contributed by atoms with Gasteiger partial charge in [0.05, 0.1) is 12.4 Å². The summed E-state index contributed by atoms with van der Waals surface area (Å²) in [5.41, 5.74) is 2.33. The first kappa shape index (κ1) is 19.2. The van der Waals surface area contributed by atoms with Crippen molar-refractivity contribution in [2.75, 3.05) is 6.54 Å². The number of unbranched alkanes of at least 4 members (excludes halogenated alkanes) is 1. The zero-order chi connectivity index (χ0) is 18.1. The smallest absolute Gasteiger partial charge is 0.278 e. The SMILES string of the molecule is C=C(CC)CCC/C(=C\n1ncc2c(c1=O)=CCCC=2)NCCCC. The molecule has 1 aliphatic carbocycles. The van der Waals surface area contributed by atoms with Gasteiger partial charge in [0.15, 0.2) is 0 Å². The Morgan fingerprint density at radius 1 is 1.28 bits per heavy atom. The molecule has 0 radical (unpaired) electrons. The zero-order valence-electron chi connectivity index (χ0n) is 15.7. The molecule has 4 nitrogen and oxygen atoms in total. The first-order valence-electron chi connectivity index (χ1n) is 9.55. The first-order valence-corrected chi connectivity index (χ1v) is 9.55.